The van der Waals surface area contributed by atoms with Gasteiger partial charge in [-0.2, -0.15) is 0 Å². The molecule has 0 atom stereocenters. The number of anilines is 1. The van der Waals surface area contributed by atoms with Gasteiger partial charge in [-0.25, -0.2) is 4.79 Å². The first-order chi connectivity index (χ1) is 10.3. The fourth-order valence-corrected chi connectivity index (χ4v) is 3.60. The van der Waals surface area contributed by atoms with Crippen LogP contribution in [0.1, 0.15) is 32.1 Å². The molecular formula is C17H20N2OS. The first-order valence-corrected chi connectivity index (χ1v) is 8.41. The second-order valence-electron chi connectivity index (χ2n) is 5.46. The Bertz CT molecular complexity index is 589. The van der Waals surface area contributed by atoms with E-state index in [-0.39, 0.29) is 6.03 Å². The van der Waals surface area contributed by atoms with Gasteiger partial charge in [0.2, 0.25) is 0 Å². The summed E-state index contributed by atoms with van der Waals surface area (Å²) in [5.41, 5.74) is 1.94. The van der Waals surface area contributed by atoms with Gasteiger partial charge in [-0.3, -0.25) is 0 Å². The Labute approximate surface area is 129 Å². The summed E-state index contributed by atoms with van der Waals surface area (Å²) in [6, 6.07) is 12.3. The third-order valence-electron chi connectivity index (χ3n) is 3.90. The summed E-state index contributed by atoms with van der Waals surface area (Å²) in [4.78, 5) is 13.4. The molecule has 1 aromatic carbocycles. The second kappa shape index (κ2) is 6.76. The van der Waals surface area contributed by atoms with Crippen molar-refractivity contribution in [2.75, 3.05) is 5.32 Å². The molecule has 21 heavy (non-hydrogen) atoms. The summed E-state index contributed by atoms with van der Waals surface area (Å²) >= 11 is 1.68. The van der Waals surface area contributed by atoms with Crippen LogP contribution in [0, 0.1) is 0 Å². The van der Waals surface area contributed by atoms with E-state index in [1.54, 1.807) is 11.3 Å². The molecule has 2 N–H and O–H groups in total. The number of nitrogens with one attached hydrogen (secondary N) is 2. The Balaban J connectivity index is 1.68. The Kier molecular flexibility index (Phi) is 4.55. The van der Waals surface area contributed by atoms with Gasteiger partial charge in [0.05, 0.1) is 5.69 Å². The van der Waals surface area contributed by atoms with Gasteiger partial charge in [0.15, 0.2) is 0 Å². The molecule has 1 saturated carbocycles. The van der Waals surface area contributed by atoms with E-state index in [0.717, 1.165) is 24.1 Å². The summed E-state index contributed by atoms with van der Waals surface area (Å²) in [5.74, 6) is 0. The van der Waals surface area contributed by atoms with Crippen molar-refractivity contribution in [1.82, 2.24) is 5.32 Å². The van der Waals surface area contributed by atoms with Gasteiger partial charge in [0, 0.05) is 16.5 Å². The number of benzene rings is 1. The van der Waals surface area contributed by atoms with Crippen LogP contribution < -0.4 is 10.6 Å². The Morgan fingerprint density at radius 2 is 1.86 bits per heavy atom. The molecule has 1 fully saturated rings. The maximum absolute atomic E-state index is 12.2. The van der Waals surface area contributed by atoms with Gasteiger partial charge in [0.1, 0.15) is 0 Å². The van der Waals surface area contributed by atoms with E-state index in [1.807, 2.05) is 35.7 Å². The number of amides is 2. The molecule has 1 aromatic heterocycles. The zero-order valence-corrected chi connectivity index (χ0v) is 12.8. The number of hydrogen-bond donors (Lipinski definition) is 2. The number of para-hydroxylation sites is 1. The number of urea groups is 1. The topological polar surface area (TPSA) is 41.1 Å². The molecule has 3 nitrogen and oxygen atoms in total. The van der Waals surface area contributed by atoms with Gasteiger partial charge in [-0.05, 0) is 30.4 Å². The molecule has 3 rings (SSSR count). The first-order valence-electron chi connectivity index (χ1n) is 7.53. The Morgan fingerprint density at radius 1 is 1.05 bits per heavy atom. The highest BCUT2D eigenvalue weighted by atomic mass is 32.1. The standard InChI is InChI=1S/C17H20N2OS/c20-17(18-13-7-2-1-3-8-13)19-15-10-5-4-9-14(15)16-11-6-12-21-16/h4-6,9-13H,1-3,7-8H2,(H2,18,19,20). The van der Waals surface area contributed by atoms with Crippen molar-refractivity contribution < 1.29 is 4.79 Å². The van der Waals surface area contributed by atoms with E-state index in [0.29, 0.717) is 6.04 Å². The highest BCUT2D eigenvalue weighted by Crippen LogP contribution is 2.31. The Hall–Kier alpha value is -1.81. The van der Waals surface area contributed by atoms with Crippen LogP contribution >= 0.6 is 11.3 Å². The summed E-state index contributed by atoms with van der Waals surface area (Å²) < 4.78 is 0. The lowest BCUT2D eigenvalue weighted by Gasteiger charge is -2.23. The van der Waals surface area contributed by atoms with Crippen molar-refractivity contribution in [3.05, 3.63) is 41.8 Å². The lowest BCUT2D eigenvalue weighted by Crippen LogP contribution is -2.39. The minimum atomic E-state index is -0.0918. The zero-order chi connectivity index (χ0) is 14.5. The predicted molar refractivity (Wildman–Crippen MR) is 88.8 cm³/mol. The minimum Gasteiger partial charge on any atom is -0.335 e. The molecule has 110 valence electrons. The number of thiophene rings is 1. The molecule has 1 aliphatic rings. The Morgan fingerprint density at radius 3 is 2.62 bits per heavy atom. The molecule has 1 heterocycles. The molecule has 0 radical (unpaired) electrons. The molecule has 0 spiro atoms. The molecule has 0 unspecified atom stereocenters. The summed E-state index contributed by atoms with van der Waals surface area (Å²) in [6.07, 6.45) is 5.93. The maximum atomic E-state index is 12.2. The molecule has 2 amide bonds. The maximum Gasteiger partial charge on any atom is 0.319 e. The highest BCUT2D eigenvalue weighted by molar-refractivity contribution is 7.13. The average Bonchev–Trinajstić information content (AvgIpc) is 3.03. The summed E-state index contributed by atoms with van der Waals surface area (Å²) in [5, 5.41) is 8.15. The van der Waals surface area contributed by atoms with Gasteiger partial charge < -0.3 is 10.6 Å². The second-order valence-corrected chi connectivity index (χ2v) is 6.40. The van der Waals surface area contributed by atoms with Crippen molar-refractivity contribution in [2.24, 2.45) is 0 Å². The van der Waals surface area contributed by atoms with Crippen molar-refractivity contribution in [3.63, 3.8) is 0 Å². The number of hydrogen-bond acceptors (Lipinski definition) is 2. The summed E-state index contributed by atoms with van der Waals surface area (Å²) in [6.45, 7) is 0. The van der Waals surface area contributed by atoms with Crippen LogP contribution in [0.15, 0.2) is 41.8 Å². The predicted octanol–water partition coefficient (Wildman–Crippen LogP) is 4.87. The minimum absolute atomic E-state index is 0.0918. The fraction of sp³-hybridized carbons (Fsp3) is 0.353. The van der Waals surface area contributed by atoms with Gasteiger partial charge in [-0.15, -0.1) is 11.3 Å². The third-order valence-corrected chi connectivity index (χ3v) is 4.81. The lowest BCUT2D eigenvalue weighted by atomic mass is 9.96. The van der Waals surface area contributed by atoms with E-state index in [4.69, 9.17) is 0 Å². The number of rotatable bonds is 3. The number of carbonyl (C=O) groups excluding carboxylic acids is 1. The fourth-order valence-electron chi connectivity index (χ4n) is 2.83. The largest absolute Gasteiger partial charge is 0.335 e. The lowest BCUT2D eigenvalue weighted by molar-refractivity contribution is 0.244. The van der Waals surface area contributed by atoms with Crippen LogP contribution in [-0.2, 0) is 0 Å². The van der Waals surface area contributed by atoms with Crippen molar-refractivity contribution in [3.8, 4) is 10.4 Å². The van der Waals surface area contributed by atoms with E-state index >= 15 is 0 Å². The van der Waals surface area contributed by atoms with Crippen LogP contribution in [0.5, 0.6) is 0 Å². The first kappa shape index (κ1) is 14.1. The highest BCUT2D eigenvalue weighted by Gasteiger charge is 2.16. The van der Waals surface area contributed by atoms with E-state index in [9.17, 15) is 4.79 Å². The van der Waals surface area contributed by atoms with Crippen LogP contribution in [-0.4, -0.2) is 12.1 Å². The summed E-state index contributed by atoms with van der Waals surface area (Å²) in [7, 11) is 0. The van der Waals surface area contributed by atoms with Crippen LogP contribution in [0.4, 0.5) is 10.5 Å². The van der Waals surface area contributed by atoms with Crippen molar-refractivity contribution >= 4 is 23.1 Å². The van der Waals surface area contributed by atoms with Gasteiger partial charge in [0.25, 0.3) is 0 Å². The monoisotopic (exact) mass is 300 g/mol. The van der Waals surface area contributed by atoms with E-state index < -0.39 is 0 Å². The van der Waals surface area contributed by atoms with Gasteiger partial charge in [-0.1, -0.05) is 43.5 Å². The van der Waals surface area contributed by atoms with Gasteiger partial charge >= 0.3 is 6.03 Å². The zero-order valence-electron chi connectivity index (χ0n) is 12.0. The molecule has 1 aliphatic carbocycles. The average molecular weight is 300 g/mol. The number of carbonyl (C=O) groups is 1. The normalized spacial score (nSPS) is 15.6. The van der Waals surface area contributed by atoms with Crippen molar-refractivity contribution in [1.29, 1.82) is 0 Å². The smallest absolute Gasteiger partial charge is 0.319 e. The third kappa shape index (κ3) is 3.64. The molecule has 4 heteroatoms. The SMILES string of the molecule is O=C(Nc1ccccc1-c1cccs1)NC1CCCCC1. The van der Waals surface area contributed by atoms with Crippen molar-refractivity contribution in [2.45, 2.75) is 38.1 Å². The molecule has 2 aromatic rings. The quantitative estimate of drug-likeness (QED) is 0.834. The molecular weight excluding hydrogens is 280 g/mol. The van der Waals surface area contributed by atoms with Crippen LogP contribution in [0.2, 0.25) is 0 Å². The molecule has 0 bridgehead atoms. The van der Waals surface area contributed by atoms with Crippen LogP contribution in [0.25, 0.3) is 10.4 Å². The molecule has 0 saturated heterocycles. The van der Waals surface area contributed by atoms with E-state index in [2.05, 4.69) is 16.7 Å². The molecule has 0 aliphatic heterocycles. The van der Waals surface area contributed by atoms with Crippen LogP contribution in [0.3, 0.4) is 0 Å². The van der Waals surface area contributed by atoms with E-state index in [1.165, 1.54) is 24.1 Å².